The van der Waals surface area contributed by atoms with Crippen molar-refractivity contribution in [1.82, 2.24) is 10.2 Å². The monoisotopic (exact) mass is 382 g/mol. The molecule has 1 fully saturated rings. The van der Waals surface area contributed by atoms with Crippen LogP contribution in [0.3, 0.4) is 0 Å². The van der Waals surface area contributed by atoms with E-state index in [0.29, 0.717) is 17.9 Å². The maximum Gasteiger partial charge on any atom is 0.336 e. The number of fused-ring (bicyclic) bond motifs is 1. The molecular weight excluding hydrogens is 356 g/mol. The van der Waals surface area contributed by atoms with E-state index in [1.807, 2.05) is 24.3 Å². The largest absolute Gasteiger partial charge is 0.497 e. The summed E-state index contributed by atoms with van der Waals surface area (Å²) in [6.07, 6.45) is 5.48. The van der Waals surface area contributed by atoms with Crippen LogP contribution < -0.4 is 15.7 Å². The van der Waals surface area contributed by atoms with E-state index in [0.717, 1.165) is 36.3 Å². The van der Waals surface area contributed by atoms with Crippen LogP contribution >= 0.6 is 0 Å². The zero-order valence-electron chi connectivity index (χ0n) is 16.1. The molecule has 0 aliphatic carbocycles. The van der Waals surface area contributed by atoms with Gasteiger partial charge in [-0.2, -0.15) is 0 Å². The summed E-state index contributed by atoms with van der Waals surface area (Å²) in [6.45, 7) is 3.51. The molecular formula is C22H26N2O4. The summed E-state index contributed by atoms with van der Waals surface area (Å²) < 4.78 is 16.3. The third-order valence-corrected chi connectivity index (χ3v) is 5.39. The lowest BCUT2D eigenvalue weighted by Gasteiger charge is -2.33. The zero-order chi connectivity index (χ0) is 19.3. The van der Waals surface area contributed by atoms with E-state index in [1.54, 1.807) is 25.5 Å². The Morgan fingerprint density at radius 1 is 1.18 bits per heavy atom. The molecule has 1 atom stereocenters. The Balaban J connectivity index is 1.50. The number of piperidine rings is 1. The first-order chi connectivity index (χ1) is 13.7. The SMILES string of the molecule is COc1ccc2c(CNC[C@H](c3ccco3)N3CCCCC3)cc(=O)oc2c1. The van der Waals surface area contributed by atoms with Crippen LogP contribution in [-0.4, -0.2) is 31.6 Å². The fraction of sp³-hybridized carbons (Fsp3) is 0.409. The Morgan fingerprint density at radius 2 is 2.04 bits per heavy atom. The molecule has 0 saturated carbocycles. The van der Waals surface area contributed by atoms with Gasteiger partial charge in [-0.3, -0.25) is 4.90 Å². The molecule has 1 aliphatic rings. The Kier molecular flexibility index (Phi) is 5.78. The third-order valence-electron chi connectivity index (χ3n) is 5.39. The summed E-state index contributed by atoms with van der Waals surface area (Å²) in [7, 11) is 1.60. The van der Waals surface area contributed by atoms with Gasteiger partial charge in [0.2, 0.25) is 0 Å². The molecule has 148 valence electrons. The summed E-state index contributed by atoms with van der Waals surface area (Å²) >= 11 is 0. The van der Waals surface area contributed by atoms with Gasteiger partial charge < -0.3 is 18.9 Å². The number of methoxy groups -OCH3 is 1. The van der Waals surface area contributed by atoms with E-state index in [9.17, 15) is 4.79 Å². The van der Waals surface area contributed by atoms with Crippen molar-refractivity contribution >= 4 is 11.0 Å². The lowest BCUT2D eigenvalue weighted by molar-refractivity contribution is 0.142. The second kappa shape index (κ2) is 8.63. The molecule has 1 N–H and O–H groups in total. The molecule has 0 amide bonds. The highest BCUT2D eigenvalue weighted by molar-refractivity contribution is 5.81. The second-order valence-corrected chi connectivity index (χ2v) is 7.21. The number of furan rings is 1. The van der Waals surface area contributed by atoms with Crippen molar-refractivity contribution in [3.8, 4) is 5.75 Å². The average Bonchev–Trinajstić information content (AvgIpc) is 3.25. The highest BCUT2D eigenvalue weighted by Crippen LogP contribution is 2.25. The van der Waals surface area contributed by atoms with Crippen LogP contribution in [0.1, 0.15) is 36.6 Å². The van der Waals surface area contributed by atoms with Crippen LogP contribution in [0.15, 0.2) is 56.3 Å². The van der Waals surface area contributed by atoms with Crippen molar-refractivity contribution in [3.05, 3.63) is 64.4 Å². The summed E-state index contributed by atoms with van der Waals surface area (Å²) in [5, 5.41) is 4.44. The minimum Gasteiger partial charge on any atom is -0.497 e. The summed E-state index contributed by atoms with van der Waals surface area (Å²) in [4.78, 5) is 14.5. The second-order valence-electron chi connectivity index (χ2n) is 7.21. The molecule has 1 saturated heterocycles. The van der Waals surface area contributed by atoms with Gasteiger partial charge in [0.05, 0.1) is 19.4 Å². The van der Waals surface area contributed by atoms with E-state index in [2.05, 4.69) is 10.2 Å². The van der Waals surface area contributed by atoms with Crippen LogP contribution in [0.5, 0.6) is 5.75 Å². The van der Waals surface area contributed by atoms with Gasteiger partial charge in [-0.05, 0) is 55.8 Å². The van der Waals surface area contributed by atoms with Crippen LogP contribution in [0.2, 0.25) is 0 Å². The first-order valence-electron chi connectivity index (χ1n) is 9.83. The fourth-order valence-corrected chi connectivity index (χ4v) is 3.95. The van der Waals surface area contributed by atoms with Crippen molar-refractivity contribution in [2.45, 2.75) is 31.8 Å². The maximum absolute atomic E-state index is 12.0. The smallest absolute Gasteiger partial charge is 0.336 e. The molecule has 0 spiro atoms. The van der Waals surface area contributed by atoms with Gasteiger partial charge in [-0.15, -0.1) is 0 Å². The maximum atomic E-state index is 12.0. The zero-order valence-corrected chi connectivity index (χ0v) is 16.1. The van der Waals surface area contributed by atoms with Gasteiger partial charge >= 0.3 is 5.63 Å². The molecule has 0 bridgehead atoms. The Hall–Kier alpha value is -2.57. The summed E-state index contributed by atoms with van der Waals surface area (Å²) in [5.41, 5.74) is 1.11. The van der Waals surface area contributed by atoms with Gasteiger partial charge in [0.1, 0.15) is 17.1 Å². The number of likely N-dealkylation sites (tertiary alicyclic amines) is 1. The molecule has 1 aliphatic heterocycles. The van der Waals surface area contributed by atoms with E-state index in [1.165, 1.54) is 19.3 Å². The predicted octanol–water partition coefficient (Wildman–Crippen LogP) is 3.71. The minimum absolute atomic E-state index is 0.196. The highest BCUT2D eigenvalue weighted by atomic mass is 16.5. The standard InChI is InChI=1S/C22H26N2O4/c1-26-17-7-8-18-16(12-22(25)28-21(18)13-17)14-23-15-19(20-6-5-11-27-20)24-9-3-2-4-10-24/h5-8,11-13,19,23H,2-4,9-10,14-15H2,1H3/t19-/m1/s1. The molecule has 3 heterocycles. The third kappa shape index (κ3) is 4.13. The molecule has 1 aromatic carbocycles. The van der Waals surface area contributed by atoms with Crippen molar-refractivity contribution in [2.75, 3.05) is 26.7 Å². The molecule has 0 radical (unpaired) electrons. The average molecular weight is 382 g/mol. The van der Waals surface area contributed by atoms with Crippen LogP contribution in [0, 0.1) is 0 Å². The number of nitrogens with one attached hydrogen (secondary N) is 1. The van der Waals surface area contributed by atoms with Gasteiger partial charge in [-0.1, -0.05) is 6.42 Å². The molecule has 2 aromatic heterocycles. The van der Waals surface area contributed by atoms with E-state index in [4.69, 9.17) is 13.6 Å². The highest BCUT2D eigenvalue weighted by Gasteiger charge is 2.24. The predicted molar refractivity (Wildman–Crippen MR) is 108 cm³/mol. The number of benzene rings is 1. The minimum atomic E-state index is -0.351. The molecule has 4 rings (SSSR count). The lowest BCUT2D eigenvalue weighted by atomic mass is 10.1. The first kappa shape index (κ1) is 18.8. The number of rotatable bonds is 7. The lowest BCUT2D eigenvalue weighted by Crippen LogP contribution is -2.38. The Morgan fingerprint density at radius 3 is 2.79 bits per heavy atom. The van der Waals surface area contributed by atoms with Crippen LogP contribution in [0.4, 0.5) is 0 Å². The topological polar surface area (TPSA) is 67.8 Å². The number of ether oxygens (including phenoxy) is 1. The normalized spacial score (nSPS) is 16.3. The van der Waals surface area contributed by atoms with Gasteiger partial charge in [-0.25, -0.2) is 4.79 Å². The van der Waals surface area contributed by atoms with Gasteiger partial charge in [0.25, 0.3) is 0 Å². The van der Waals surface area contributed by atoms with Gasteiger partial charge in [0, 0.05) is 30.6 Å². The van der Waals surface area contributed by atoms with Crippen LogP contribution in [0.25, 0.3) is 11.0 Å². The van der Waals surface area contributed by atoms with Crippen molar-refractivity contribution < 1.29 is 13.6 Å². The first-order valence-corrected chi connectivity index (χ1v) is 9.83. The van der Waals surface area contributed by atoms with Crippen molar-refractivity contribution in [2.24, 2.45) is 0 Å². The number of nitrogens with zero attached hydrogens (tertiary/aromatic N) is 1. The van der Waals surface area contributed by atoms with Crippen molar-refractivity contribution in [3.63, 3.8) is 0 Å². The quantitative estimate of drug-likeness (QED) is 0.628. The van der Waals surface area contributed by atoms with E-state index < -0.39 is 0 Å². The molecule has 0 unspecified atom stereocenters. The van der Waals surface area contributed by atoms with Crippen molar-refractivity contribution in [1.29, 1.82) is 0 Å². The summed E-state index contributed by atoms with van der Waals surface area (Å²) in [6, 6.07) is 11.3. The molecule has 6 nitrogen and oxygen atoms in total. The molecule has 6 heteroatoms. The summed E-state index contributed by atoms with van der Waals surface area (Å²) in [5.74, 6) is 1.65. The Bertz CT molecular complexity index is 958. The van der Waals surface area contributed by atoms with Gasteiger partial charge in [0.15, 0.2) is 0 Å². The number of hydrogen-bond acceptors (Lipinski definition) is 6. The number of hydrogen-bond donors (Lipinski definition) is 1. The van der Waals surface area contributed by atoms with E-state index in [-0.39, 0.29) is 11.7 Å². The fourth-order valence-electron chi connectivity index (χ4n) is 3.95. The molecule has 3 aromatic rings. The van der Waals surface area contributed by atoms with Crippen LogP contribution in [-0.2, 0) is 6.54 Å². The van der Waals surface area contributed by atoms with E-state index >= 15 is 0 Å². The molecule has 28 heavy (non-hydrogen) atoms. The Labute approximate surface area is 164 Å².